The number of amides is 2. The standard InChI is InChI=1S/C24H28N8O3S/c1-15-18(10-16(11-27-15)23(34)26-4-6-31-5-3-8-35-9-7-31)20-21(17-12-28-30(2)14-17)36-24-19(22(25)33)13-29-32(20)24/h10-14H,3-9H2,1-2H3,(H2,25,33)(H,26,34). The minimum absolute atomic E-state index is 0.192. The van der Waals surface area contributed by atoms with Crippen molar-refractivity contribution in [2.24, 2.45) is 12.8 Å². The molecule has 1 aliphatic rings. The molecule has 0 bridgehead atoms. The number of fused-ring (bicyclic) bond motifs is 1. The first kappa shape index (κ1) is 24.1. The summed E-state index contributed by atoms with van der Waals surface area (Å²) in [7, 11) is 1.84. The predicted octanol–water partition coefficient (Wildman–Crippen LogP) is 1.72. The minimum atomic E-state index is -0.547. The molecule has 1 saturated heterocycles. The van der Waals surface area contributed by atoms with Gasteiger partial charge in [0.1, 0.15) is 4.83 Å². The van der Waals surface area contributed by atoms with Gasteiger partial charge in [0, 0.05) is 69.0 Å². The van der Waals surface area contributed by atoms with Gasteiger partial charge in [0.05, 0.1) is 40.7 Å². The molecule has 4 aromatic heterocycles. The van der Waals surface area contributed by atoms with Gasteiger partial charge in [-0.2, -0.15) is 10.2 Å². The number of carbonyl (C=O) groups excluding carboxylic acids is 2. The third-order valence-corrected chi connectivity index (χ3v) is 7.44. The van der Waals surface area contributed by atoms with Crippen molar-refractivity contribution in [1.82, 2.24) is 34.6 Å². The Morgan fingerprint density at radius 3 is 2.83 bits per heavy atom. The number of nitrogens with zero attached hydrogens (tertiary/aromatic N) is 6. The normalized spacial score (nSPS) is 14.7. The Morgan fingerprint density at radius 2 is 2.06 bits per heavy atom. The highest BCUT2D eigenvalue weighted by Crippen LogP contribution is 2.41. The van der Waals surface area contributed by atoms with E-state index >= 15 is 0 Å². The summed E-state index contributed by atoms with van der Waals surface area (Å²) in [6.07, 6.45) is 7.70. The largest absolute Gasteiger partial charge is 0.380 e. The van der Waals surface area contributed by atoms with Gasteiger partial charge >= 0.3 is 0 Å². The summed E-state index contributed by atoms with van der Waals surface area (Å²) in [6, 6.07) is 1.82. The van der Waals surface area contributed by atoms with Crippen LogP contribution in [-0.2, 0) is 11.8 Å². The Morgan fingerprint density at radius 1 is 1.19 bits per heavy atom. The number of carbonyl (C=O) groups is 2. The van der Waals surface area contributed by atoms with E-state index < -0.39 is 5.91 Å². The predicted molar refractivity (Wildman–Crippen MR) is 136 cm³/mol. The maximum absolute atomic E-state index is 13.0. The van der Waals surface area contributed by atoms with Crippen LogP contribution in [0, 0.1) is 6.92 Å². The molecule has 0 spiro atoms. The van der Waals surface area contributed by atoms with Crippen molar-refractivity contribution in [1.29, 1.82) is 0 Å². The van der Waals surface area contributed by atoms with Crippen molar-refractivity contribution in [2.75, 3.05) is 39.4 Å². The van der Waals surface area contributed by atoms with Crippen molar-refractivity contribution in [2.45, 2.75) is 13.3 Å². The molecule has 2 amide bonds. The van der Waals surface area contributed by atoms with Crippen molar-refractivity contribution in [3.8, 4) is 21.7 Å². The number of hydrogen-bond acceptors (Lipinski definition) is 8. The molecule has 0 aromatic carbocycles. The third kappa shape index (κ3) is 4.74. The Balaban J connectivity index is 1.47. The second-order valence-corrected chi connectivity index (χ2v) is 9.74. The summed E-state index contributed by atoms with van der Waals surface area (Å²) < 4.78 is 8.90. The molecular weight excluding hydrogens is 480 g/mol. The van der Waals surface area contributed by atoms with E-state index in [0.717, 1.165) is 66.7 Å². The number of thiazole rings is 1. The van der Waals surface area contributed by atoms with Crippen molar-refractivity contribution in [3.05, 3.63) is 47.7 Å². The van der Waals surface area contributed by atoms with Crippen molar-refractivity contribution >= 4 is 28.0 Å². The lowest BCUT2D eigenvalue weighted by Gasteiger charge is -2.19. The van der Waals surface area contributed by atoms with Gasteiger partial charge in [-0.25, -0.2) is 4.52 Å². The van der Waals surface area contributed by atoms with Crippen LogP contribution in [0.2, 0.25) is 0 Å². The number of rotatable bonds is 7. The van der Waals surface area contributed by atoms with E-state index in [0.29, 0.717) is 22.5 Å². The fourth-order valence-corrected chi connectivity index (χ4v) is 5.52. The average molecular weight is 509 g/mol. The van der Waals surface area contributed by atoms with Crippen molar-refractivity contribution in [3.63, 3.8) is 0 Å². The van der Waals surface area contributed by atoms with Crippen LogP contribution in [0.5, 0.6) is 0 Å². The lowest BCUT2D eigenvalue weighted by molar-refractivity contribution is 0.0946. The van der Waals surface area contributed by atoms with Gasteiger partial charge in [0.15, 0.2) is 0 Å². The van der Waals surface area contributed by atoms with Crippen LogP contribution in [-0.4, -0.2) is 80.5 Å². The number of nitrogens with two attached hydrogens (primary N) is 1. The molecule has 0 aliphatic carbocycles. The maximum Gasteiger partial charge on any atom is 0.253 e. The maximum atomic E-state index is 13.0. The van der Waals surface area contributed by atoms with E-state index in [1.54, 1.807) is 21.6 Å². The van der Waals surface area contributed by atoms with Gasteiger partial charge < -0.3 is 15.8 Å². The molecule has 0 radical (unpaired) electrons. The first-order valence-corrected chi connectivity index (χ1v) is 12.6. The Bertz CT molecular complexity index is 1410. The van der Waals surface area contributed by atoms with Gasteiger partial charge in [-0.15, -0.1) is 11.3 Å². The fourth-order valence-electron chi connectivity index (χ4n) is 4.32. The minimum Gasteiger partial charge on any atom is -0.380 e. The molecule has 0 atom stereocenters. The number of aryl methyl sites for hydroxylation is 2. The summed E-state index contributed by atoms with van der Waals surface area (Å²) in [5, 5.41) is 11.8. The van der Waals surface area contributed by atoms with Crippen LogP contribution in [0.3, 0.4) is 0 Å². The second kappa shape index (κ2) is 10.2. The van der Waals surface area contributed by atoms with Crippen LogP contribution < -0.4 is 11.1 Å². The number of pyridine rings is 1. The molecule has 1 fully saturated rings. The Hall–Kier alpha value is -3.61. The summed E-state index contributed by atoms with van der Waals surface area (Å²) in [5.41, 5.74) is 9.47. The van der Waals surface area contributed by atoms with E-state index in [1.807, 2.05) is 26.2 Å². The zero-order valence-corrected chi connectivity index (χ0v) is 21.0. The van der Waals surface area contributed by atoms with Crippen LogP contribution >= 0.6 is 11.3 Å². The van der Waals surface area contributed by atoms with Gasteiger partial charge in [0.25, 0.3) is 11.8 Å². The summed E-state index contributed by atoms with van der Waals surface area (Å²) >= 11 is 1.40. The third-order valence-electron chi connectivity index (χ3n) is 6.22. The van der Waals surface area contributed by atoms with E-state index in [2.05, 4.69) is 25.4 Å². The number of hydrogen-bond donors (Lipinski definition) is 2. The molecule has 11 nitrogen and oxygen atoms in total. The molecule has 4 aromatic rings. The number of ether oxygens (including phenoxy) is 1. The number of nitrogens with one attached hydrogen (secondary N) is 1. The van der Waals surface area contributed by atoms with Crippen LogP contribution in [0.1, 0.15) is 32.8 Å². The summed E-state index contributed by atoms with van der Waals surface area (Å²) in [5.74, 6) is -0.739. The highest BCUT2D eigenvalue weighted by Gasteiger charge is 2.24. The van der Waals surface area contributed by atoms with Crippen LogP contribution in [0.4, 0.5) is 0 Å². The summed E-state index contributed by atoms with van der Waals surface area (Å²) in [6.45, 7) is 6.53. The molecular formula is C24H28N8O3S. The molecule has 36 heavy (non-hydrogen) atoms. The van der Waals surface area contributed by atoms with Gasteiger partial charge in [-0.1, -0.05) is 0 Å². The SMILES string of the molecule is Cc1ncc(C(=O)NCCN2CCCOCC2)cc1-c1c(-c2cnn(C)c2)sc2c(C(N)=O)cnn12. The lowest BCUT2D eigenvalue weighted by Crippen LogP contribution is -2.36. The summed E-state index contributed by atoms with van der Waals surface area (Å²) in [4.78, 5) is 33.3. The molecule has 188 valence electrons. The Kier molecular flexibility index (Phi) is 6.81. The van der Waals surface area contributed by atoms with Gasteiger partial charge in [-0.05, 0) is 19.4 Å². The number of aromatic nitrogens is 5. The van der Waals surface area contributed by atoms with E-state index in [9.17, 15) is 9.59 Å². The zero-order valence-electron chi connectivity index (χ0n) is 20.2. The smallest absolute Gasteiger partial charge is 0.253 e. The molecule has 12 heteroatoms. The topological polar surface area (TPSA) is 133 Å². The molecule has 5 heterocycles. The van der Waals surface area contributed by atoms with Crippen LogP contribution in [0.25, 0.3) is 26.5 Å². The monoisotopic (exact) mass is 508 g/mol. The highest BCUT2D eigenvalue weighted by atomic mass is 32.1. The second-order valence-electron chi connectivity index (χ2n) is 8.74. The van der Waals surface area contributed by atoms with Gasteiger partial charge in [0.2, 0.25) is 0 Å². The molecule has 1 aliphatic heterocycles. The fraction of sp³-hybridized carbons (Fsp3) is 0.375. The molecule has 0 saturated carbocycles. The van der Waals surface area contributed by atoms with E-state index in [4.69, 9.17) is 10.5 Å². The van der Waals surface area contributed by atoms with E-state index in [-0.39, 0.29) is 5.91 Å². The van der Waals surface area contributed by atoms with E-state index in [1.165, 1.54) is 17.5 Å². The number of primary amides is 1. The quantitative estimate of drug-likeness (QED) is 0.388. The van der Waals surface area contributed by atoms with Gasteiger partial charge in [-0.3, -0.25) is 24.2 Å². The molecule has 0 unspecified atom stereocenters. The highest BCUT2D eigenvalue weighted by molar-refractivity contribution is 7.21. The molecule has 3 N–H and O–H groups in total. The van der Waals surface area contributed by atoms with Crippen molar-refractivity contribution < 1.29 is 14.3 Å². The molecule has 5 rings (SSSR count). The Labute approximate surface area is 211 Å². The average Bonchev–Trinajstić information content (AvgIpc) is 3.49. The zero-order chi connectivity index (χ0) is 25.2. The first-order valence-electron chi connectivity index (χ1n) is 11.8. The van der Waals surface area contributed by atoms with Crippen LogP contribution in [0.15, 0.2) is 30.9 Å². The lowest BCUT2D eigenvalue weighted by atomic mass is 10.0. The first-order chi connectivity index (χ1) is 17.4.